The molecule has 0 atom stereocenters. The summed E-state index contributed by atoms with van der Waals surface area (Å²) in [6, 6.07) is 0. The molecule has 0 bridgehead atoms. The summed E-state index contributed by atoms with van der Waals surface area (Å²) in [5.41, 5.74) is 5.02. The second-order valence-electron chi connectivity index (χ2n) is 4.85. The predicted molar refractivity (Wildman–Crippen MR) is 74.9 cm³/mol. The van der Waals surface area contributed by atoms with Crippen LogP contribution in [0.1, 0.15) is 32.1 Å². The van der Waals surface area contributed by atoms with Crippen molar-refractivity contribution < 1.29 is 10.0 Å². The standard InChI is InChI=1S/C12H23N3O2S/c1-15(8-9-18-2)11(16)12(10(13)14-17)6-4-3-5-7-12/h17H,3-9H2,1-2H3,(H2,13,14). The van der Waals surface area contributed by atoms with E-state index in [9.17, 15) is 4.79 Å². The Morgan fingerprint density at radius 1 is 1.44 bits per heavy atom. The molecule has 3 N–H and O–H groups in total. The number of oxime groups is 1. The van der Waals surface area contributed by atoms with Gasteiger partial charge in [0.15, 0.2) is 5.84 Å². The molecule has 0 unspecified atom stereocenters. The number of amidine groups is 1. The normalized spacial score (nSPS) is 19.6. The van der Waals surface area contributed by atoms with Crippen LogP contribution in [0, 0.1) is 5.41 Å². The van der Waals surface area contributed by atoms with Crippen LogP contribution in [0.25, 0.3) is 0 Å². The fourth-order valence-electron chi connectivity index (χ4n) is 2.53. The van der Waals surface area contributed by atoms with E-state index in [1.807, 2.05) is 6.26 Å². The van der Waals surface area contributed by atoms with Gasteiger partial charge in [-0.05, 0) is 19.1 Å². The zero-order valence-corrected chi connectivity index (χ0v) is 12.0. The first kappa shape index (κ1) is 15.1. The van der Waals surface area contributed by atoms with Crippen LogP contribution >= 0.6 is 11.8 Å². The molecule has 1 aliphatic rings. The van der Waals surface area contributed by atoms with Crippen LogP contribution in [-0.2, 0) is 4.79 Å². The number of thioether (sulfide) groups is 1. The second-order valence-corrected chi connectivity index (χ2v) is 5.83. The largest absolute Gasteiger partial charge is 0.409 e. The van der Waals surface area contributed by atoms with Gasteiger partial charge in [-0.25, -0.2) is 0 Å². The Morgan fingerprint density at radius 2 is 2.06 bits per heavy atom. The van der Waals surface area contributed by atoms with Gasteiger partial charge in [0.1, 0.15) is 5.41 Å². The summed E-state index contributed by atoms with van der Waals surface area (Å²) < 4.78 is 0. The number of nitrogens with two attached hydrogens (primary N) is 1. The van der Waals surface area contributed by atoms with Crippen LogP contribution in [0.15, 0.2) is 5.16 Å². The summed E-state index contributed by atoms with van der Waals surface area (Å²) in [6.45, 7) is 0.695. The molecule has 0 aromatic rings. The van der Waals surface area contributed by atoms with E-state index in [1.54, 1.807) is 23.7 Å². The SMILES string of the molecule is CSCCN(C)C(=O)C1(C(N)=NO)CCCCC1. The van der Waals surface area contributed by atoms with Gasteiger partial charge in [0.2, 0.25) is 5.91 Å². The first-order chi connectivity index (χ1) is 8.58. The van der Waals surface area contributed by atoms with Crippen LogP contribution in [-0.4, -0.2) is 47.5 Å². The highest BCUT2D eigenvalue weighted by Crippen LogP contribution is 2.38. The highest BCUT2D eigenvalue weighted by atomic mass is 32.2. The van der Waals surface area contributed by atoms with Crippen molar-refractivity contribution >= 4 is 23.5 Å². The van der Waals surface area contributed by atoms with Gasteiger partial charge >= 0.3 is 0 Å². The molecule has 0 heterocycles. The van der Waals surface area contributed by atoms with Gasteiger partial charge in [-0.15, -0.1) is 0 Å². The summed E-state index contributed by atoms with van der Waals surface area (Å²) in [5.74, 6) is 0.962. The van der Waals surface area contributed by atoms with Crippen LogP contribution in [0.4, 0.5) is 0 Å². The molecule has 1 fully saturated rings. The summed E-state index contributed by atoms with van der Waals surface area (Å²) in [6.07, 6.45) is 6.41. The van der Waals surface area contributed by atoms with Gasteiger partial charge in [0, 0.05) is 19.3 Å². The van der Waals surface area contributed by atoms with E-state index in [-0.39, 0.29) is 11.7 Å². The summed E-state index contributed by atoms with van der Waals surface area (Å²) >= 11 is 1.70. The lowest BCUT2D eigenvalue weighted by Gasteiger charge is -2.37. The van der Waals surface area contributed by atoms with Gasteiger partial charge in [0.05, 0.1) is 0 Å². The first-order valence-corrected chi connectivity index (χ1v) is 7.70. The molecular formula is C12H23N3O2S. The number of amides is 1. The number of carbonyl (C=O) groups is 1. The lowest BCUT2D eigenvalue weighted by molar-refractivity contribution is -0.138. The molecule has 0 aromatic carbocycles. The number of carbonyl (C=O) groups excluding carboxylic acids is 1. The molecule has 0 aromatic heterocycles. The van der Waals surface area contributed by atoms with E-state index in [4.69, 9.17) is 10.9 Å². The van der Waals surface area contributed by atoms with Gasteiger partial charge < -0.3 is 15.8 Å². The van der Waals surface area contributed by atoms with Gasteiger partial charge in [-0.1, -0.05) is 24.4 Å². The van der Waals surface area contributed by atoms with Crippen LogP contribution in [0.3, 0.4) is 0 Å². The number of nitrogens with zero attached hydrogens (tertiary/aromatic N) is 2. The average molecular weight is 273 g/mol. The molecule has 5 nitrogen and oxygen atoms in total. The van der Waals surface area contributed by atoms with Crippen LogP contribution < -0.4 is 5.73 Å². The Kier molecular flexibility index (Phi) is 5.78. The fourth-order valence-corrected chi connectivity index (χ4v) is 2.98. The molecule has 6 heteroatoms. The molecule has 0 aliphatic heterocycles. The first-order valence-electron chi connectivity index (χ1n) is 6.31. The molecule has 0 saturated heterocycles. The summed E-state index contributed by atoms with van der Waals surface area (Å²) in [7, 11) is 1.79. The van der Waals surface area contributed by atoms with Crippen molar-refractivity contribution in [2.45, 2.75) is 32.1 Å². The lowest BCUT2D eigenvalue weighted by Crippen LogP contribution is -2.51. The van der Waals surface area contributed by atoms with E-state index >= 15 is 0 Å². The van der Waals surface area contributed by atoms with Crippen LogP contribution in [0.5, 0.6) is 0 Å². The molecule has 104 valence electrons. The van der Waals surface area contributed by atoms with Gasteiger partial charge in [-0.3, -0.25) is 4.79 Å². The van der Waals surface area contributed by atoms with E-state index in [0.717, 1.165) is 25.0 Å². The molecule has 1 rings (SSSR count). The zero-order chi connectivity index (χ0) is 13.6. The minimum Gasteiger partial charge on any atom is -0.409 e. The van der Waals surface area contributed by atoms with Crippen molar-refractivity contribution in [1.29, 1.82) is 0 Å². The van der Waals surface area contributed by atoms with E-state index in [0.29, 0.717) is 19.4 Å². The quantitative estimate of drug-likeness (QED) is 0.344. The summed E-state index contributed by atoms with van der Waals surface area (Å²) in [4.78, 5) is 14.3. The van der Waals surface area contributed by atoms with Crippen molar-refractivity contribution in [3.63, 3.8) is 0 Å². The predicted octanol–water partition coefficient (Wildman–Crippen LogP) is 1.50. The van der Waals surface area contributed by atoms with Crippen LogP contribution in [0.2, 0.25) is 0 Å². The molecule has 0 radical (unpaired) electrons. The Balaban J connectivity index is 2.86. The smallest absolute Gasteiger partial charge is 0.236 e. The maximum Gasteiger partial charge on any atom is 0.236 e. The highest BCUT2D eigenvalue weighted by molar-refractivity contribution is 7.98. The maximum atomic E-state index is 12.6. The average Bonchev–Trinajstić information content (AvgIpc) is 2.43. The van der Waals surface area contributed by atoms with Gasteiger partial charge in [0.25, 0.3) is 0 Å². The van der Waals surface area contributed by atoms with Crippen molar-refractivity contribution in [1.82, 2.24) is 4.90 Å². The Morgan fingerprint density at radius 3 is 2.56 bits per heavy atom. The third-order valence-corrected chi connectivity index (χ3v) is 4.28. The maximum absolute atomic E-state index is 12.6. The fraction of sp³-hybridized carbons (Fsp3) is 0.833. The van der Waals surface area contributed by atoms with E-state index in [2.05, 4.69) is 5.16 Å². The van der Waals surface area contributed by atoms with E-state index in [1.165, 1.54) is 0 Å². The highest BCUT2D eigenvalue weighted by Gasteiger charge is 2.45. The third-order valence-electron chi connectivity index (χ3n) is 3.69. The minimum atomic E-state index is -0.778. The number of hydrogen-bond donors (Lipinski definition) is 2. The minimum absolute atomic E-state index is 0.00782. The zero-order valence-electron chi connectivity index (χ0n) is 11.2. The van der Waals surface area contributed by atoms with Crippen molar-refractivity contribution in [3.05, 3.63) is 0 Å². The van der Waals surface area contributed by atoms with E-state index < -0.39 is 5.41 Å². The van der Waals surface area contributed by atoms with Crippen molar-refractivity contribution in [2.24, 2.45) is 16.3 Å². The molecular weight excluding hydrogens is 250 g/mol. The Hall–Kier alpha value is -0.910. The molecule has 1 saturated carbocycles. The Labute approximate surface area is 113 Å². The number of hydrogen-bond acceptors (Lipinski definition) is 4. The monoisotopic (exact) mass is 273 g/mol. The topological polar surface area (TPSA) is 78.9 Å². The molecule has 1 amide bonds. The Bertz CT molecular complexity index is 314. The third kappa shape index (κ3) is 3.10. The van der Waals surface area contributed by atoms with Crippen molar-refractivity contribution in [2.75, 3.05) is 25.6 Å². The van der Waals surface area contributed by atoms with Gasteiger partial charge in [-0.2, -0.15) is 11.8 Å². The second kappa shape index (κ2) is 6.87. The van der Waals surface area contributed by atoms with Crippen molar-refractivity contribution in [3.8, 4) is 0 Å². The summed E-state index contributed by atoms with van der Waals surface area (Å²) in [5, 5.41) is 12.1. The lowest BCUT2D eigenvalue weighted by atomic mass is 9.72. The molecule has 1 aliphatic carbocycles. The number of rotatable bonds is 5. The molecule has 0 spiro atoms. The molecule has 18 heavy (non-hydrogen) atoms.